The fourth-order valence-corrected chi connectivity index (χ4v) is 3.13. The maximum atomic E-state index is 12.5. The third-order valence-electron chi connectivity index (χ3n) is 4.32. The molecule has 0 fully saturated rings. The van der Waals surface area contributed by atoms with Crippen molar-refractivity contribution in [3.63, 3.8) is 0 Å². The van der Waals surface area contributed by atoms with Gasteiger partial charge in [0, 0.05) is 24.5 Å². The maximum absolute atomic E-state index is 12.5. The number of fused-ring (bicyclic) bond motifs is 1. The molecule has 116 valence electrons. The topological polar surface area (TPSA) is 59.8 Å². The van der Waals surface area contributed by atoms with Gasteiger partial charge in [-0.2, -0.15) is 5.10 Å². The zero-order chi connectivity index (χ0) is 15.7. The van der Waals surface area contributed by atoms with E-state index >= 15 is 0 Å². The summed E-state index contributed by atoms with van der Waals surface area (Å²) in [4.78, 5) is 16.9. The van der Waals surface area contributed by atoms with Gasteiger partial charge in [0.1, 0.15) is 0 Å². The smallest absolute Gasteiger partial charge is 0.272 e. The highest BCUT2D eigenvalue weighted by molar-refractivity contribution is 5.94. The Labute approximate surface area is 130 Å². The number of rotatable bonds is 3. The molecule has 2 aromatic rings. The molecule has 0 saturated heterocycles. The minimum atomic E-state index is -0.0967. The van der Waals surface area contributed by atoms with E-state index in [1.807, 2.05) is 31.8 Å². The van der Waals surface area contributed by atoms with Crippen LogP contribution in [0.4, 0.5) is 0 Å². The van der Waals surface area contributed by atoms with Crippen molar-refractivity contribution in [2.45, 2.75) is 46.1 Å². The third-order valence-corrected chi connectivity index (χ3v) is 4.32. The summed E-state index contributed by atoms with van der Waals surface area (Å²) >= 11 is 0. The molecule has 5 heteroatoms. The molecule has 5 nitrogen and oxygen atoms in total. The summed E-state index contributed by atoms with van der Waals surface area (Å²) in [6.45, 7) is 4.48. The molecule has 0 atom stereocenters. The number of hydrogen-bond donors (Lipinski definition) is 1. The minimum absolute atomic E-state index is 0.0967. The normalized spacial score (nSPS) is 13.8. The van der Waals surface area contributed by atoms with Gasteiger partial charge < -0.3 is 5.32 Å². The first-order chi connectivity index (χ1) is 10.6. The molecule has 0 unspecified atom stereocenters. The van der Waals surface area contributed by atoms with Crippen molar-refractivity contribution >= 4 is 5.91 Å². The van der Waals surface area contributed by atoms with E-state index in [0.717, 1.165) is 41.6 Å². The van der Waals surface area contributed by atoms with Gasteiger partial charge in [-0.15, -0.1) is 0 Å². The number of nitrogens with one attached hydrogen (secondary N) is 1. The molecule has 2 aromatic heterocycles. The first-order valence-electron chi connectivity index (χ1n) is 7.81. The number of amides is 1. The van der Waals surface area contributed by atoms with E-state index in [9.17, 15) is 4.79 Å². The van der Waals surface area contributed by atoms with E-state index in [1.165, 1.54) is 12.1 Å². The second-order valence-corrected chi connectivity index (χ2v) is 6.06. The van der Waals surface area contributed by atoms with Crippen molar-refractivity contribution in [1.82, 2.24) is 20.1 Å². The molecule has 22 heavy (non-hydrogen) atoms. The van der Waals surface area contributed by atoms with Crippen LogP contribution in [0.5, 0.6) is 0 Å². The van der Waals surface area contributed by atoms with Crippen LogP contribution in [-0.4, -0.2) is 20.7 Å². The molecule has 0 aromatic carbocycles. The molecule has 1 amide bonds. The van der Waals surface area contributed by atoms with Crippen molar-refractivity contribution in [2.75, 3.05) is 0 Å². The summed E-state index contributed by atoms with van der Waals surface area (Å²) in [5.74, 6) is -0.0967. The van der Waals surface area contributed by atoms with Crippen molar-refractivity contribution < 1.29 is 4.79 Å². The highest BCUT2D eigenvalue weighted by Gasteiger charge is 2.23. The first kappa shape index (κ1) is 14.8. The highest BCUT2D eigenvalue weighted by Crippen LogP contribution is 2.23. The molecule has 0 bridgehead atoms. The number of pyridine rings is 1. The first-order valence-corrected chi connectivity index (χ1v) is 7.81. The Bertz CT molecular complexity index is 718. The minimum Gasteiger partial charge on any atom is -0.345 e. The monoisotopic (exact) mass is 298 g/mol. The molecule has 1 aliphatic rings. The van der Waals surface area contributed by atoms with E-state index in [2.05, 4.69) is 21.5 Å². The fourth-order valence-electron chi connectivity index (χ4n) is 3.13. The fraction of sp³-hybridized carbons (Fsp3) is 0.471. The van der Waals surface area contributed by atoms with Crippen LogP contribution in [0.15, 0.2) is 12.3 Å². The molecule has 0 spiro atoms. The number of nitrogens with zero attached hydrogens (tertiary/aromatic N) is 3. The van der Waals surface area contributed by atoms with Crippen LogP contribution in [0.25, 0.3) is 0 Å². The van der Waals surface area contributed by atoms with Crippen LogP contribution in [0.2, 0.25) is 0 Å². The van der Waals surface area contributed by atoms with Crippen LogP contribution >= 0.6 is 0 Å². The number of aromatic nitrogens is 3. The number of hydrogen-bond acceptors (Lipinski definition) is 3. The Hall–Kier alpha value is -2.17. The Morgan fingerprint density at radius 2 is 2.09 bits per heavy atom. The molecule has 2 heterocycles. The quantitative estimate of drug-likeness (QED) is 0.945. The molecule has 1 N–H and O–H groups in total. The van der Waals surface area contributed by atoms with Crippen LogP contribution in [0.3, 0.4) is 0 Å². The Morgan fingerprint density at radius 3 is 2.86 bits per heavy atom. The lowest BCUT2D eigenvalue weighted by Crippen LogP contribution is -2.25. The van der Waals surface area contributed by atoms with Gasteiger partial charge in [0.05, 0.1) is 12.2 Å². The standard InChI is InChI=1S/C17H22N4O/c1-11-8-12(2)14(18-9-11)10-19-17(22)16-13-6-4-5-7-15(13)21(3)20-16/h8-9H,4-7,10H2,1-3H3,(H,19,22). The Morgan fingerprint density at radius 1 is 1.32 bits per heavy atom. The zero-order valence-corrected chi connectivity index (χ0v) is 13.4. The average Bonchev–Trinajstić information content (AvgIpc) is 2.84. The van der Waals surface area contributed by atoms with Crippen LogP contribution < -0.4 is 5.32 Å². The lowest BCUT2D eigenvalue weighted by atomic mass is 9.95. The summed E-state index contributed by atoms with van der Waals surface area (Å²) in [6.07, 6.45) is 6.12. The van der Waals surface area contributed by atoms with Gasteiger partial charge in [-0.05, 0) is 50.7 Å². The molecule has 0 radical (unpaired) electrons. The third kappa shape index (κ3) is 2.75. The highest BCUT2D eigenvalue weighted by atomic mass is 16.1. The number of carbonyl (C=O) groups is 1. The van der Waals surface area contributed by atoms with E-state index < -0.39 is 0 Å². The van der Waals surface area contributed by atoms with Crippen LogP contribution in [0, 0.1) is 13.8 Å². The summed E-state index contributed by atoms with van der Waals surface area (Å²) in [7, 11) is 1.92. The predicted octanol–water partition coefficient (Wildman–Crippen LogP) is 2.24. The second-order valence-electron chi connectivity index (χ2n) is 6.06. The molecule has 1 aliphatic carbocycles. The van der Waals surface area contributed by atoms with E-state index in [0.29, 0.717) is 12.2 Å². The molecular weight excluding hydrogens is 276 g/mol. The predicted molar refractivity (Wildman–Crippen MR) is 84.7 cm³/mol. The van der Waals surface area contributed by atoms with Gasteiger partial charge in [0.25, 0.3) is 5.91 Å². The summed E-state index contributed by atoms with van der Waals surface area (Å²) in [5, 5.41) is 7.39. The van der Waals surface area contributed by atoms with E-state index in [4.69, 9.17) is 0 Å². The van der Waals surface area contributed by atoms with Gasteiger partial charge >= 0.3 is 0 Å². The molecule has 0 aliphatic heterocycles. The van der Waals surface area contributed by atoms with Crippen molar-refractivity contribution in [3.8, 4) is 0 Å². The number of carbonyl (C=O) groups excluding carboxylic acids is 1. The summed E-state index contributed by atoms with van der Waals surface area (Å²) in [5.41, 5.74) is 6.06. The molecule has 3 rings (SSSR count). The van der Waals surface area contributed by atoms with Gasteiger partial charge in [0.15, 0.2) is 5.69 Å². The lowest BCUT2D eigenvalue weighted by Gasteiger charge is -2.12. The Balaban J connectivity index is 1.75. The van der Waals surface area contributed by atoms with Gasteiger partial charge in [-0.25, -0.2) is 0 Å². The van der Waals surface area contributed by atoms with Gasteiger partial charge in [-0.3, -0.25) is 14.5 Å². The SMILES string of the molecule is Cc1cnc(CNC(=O)c2nn(C)c3c2CCCC3)c(C)c1. The lowest BCUT2D eigenvalue weighted by molar-refractivity contribution is 0.0943. The molecular formula is C17H22N4O. The van der Waals surface area contributed by atoms with Crippen molar-refractivity contribution in [3.05, 3.63) is 46.0 Å². The number of aryl methyl sites for hydroxylation is 3. The summed E-state index contributed by atoms with van der Waals surface area (Å²) < 4.78 is 1.86. The van der Waals surface area contributed by atoms with Gasteiger partial charge in [0.2, 0.25) is 0 Å². The van der Waals surface area contributed by atoms with Crippen LogP contribution in [-0.2, 0) is 26.4 Å². The van der Waals surface area contributed by atoms with Crippen LogP contribution in [0.1, 0.15) is 51.4 Å². The largest absolute Gasteiger partial charge is 0.345 e. The summed E-state index contributed by atoms with van der Waals surface area (Å²) in [6, 6.07) is 2.08. The van der Waals surface area contributed by atoms with Crippen molar-refractivity contribution in [1.29, 1.82) is 0 Å². The van der Waals surface area contributed by atoms with E-state index in [-0.39, 0.29) is 5.91 Å². The maximum Gasteiger partial charge on any atom is 0.272 e. The second kappa shape index (κ2) is 5.91. The molecule has 0 saturated carbocycles. The van der Waals surface area contributed by atoms with Crippen molar-refractivity contribution in [2.24, 2.45) is 7.05 Å². The average molecular weight is 298 g/mol. The van der Waals surface area contributed by atoms with E-state index in [1.54, 1.807) is 0 Å². The zero-order valence-electron chi connectivity index (χ0n) is 13.4. The Kier molecular flexibility index (Phi) is 3.96. The van der Waals surface area contributed by atoms with Gasteiger partial charge in [-0.1, -0.05) is 6.07 Å².